The number of esters is 1. The molecule has 0 bridgehead atoms. The van der Waals surface area contributed by atoms with E-state index < -0.39 is 5.60 Å². The smallest absolute Gasteiger partial charge is 0.308 e. The Balaban J connectivity index is 1.30. The quantitative estimate of drug-likeness (QED) is 0.326. The number of ether oxygens (including phenoxy) is 1. The number of rotatable bonds is 2. The maximum absolute atomic E-state index is 12.4. The minimum atomic E-state index is -0.943. The summed E-state index contributed by atoms with van der Waals surface area (Å²) in [6, 6.07) is 7.15. The van der Waals surface area contributed by atoms with Crippen molar-refractivity contribution in [2.24, 2.45) is 40.4 Å². The molecule has 35 heavy (non-hydrogen) atoms. The van der Waals surface area contributed by atoms with Gasteiger partial charge in [-0.25, -0.2) is 0 Å². The zero-order valence-electron chi connectivity index (χ0n) is 21.7. The number of ketones is 1. The van der Waals surface area contributed by atoms with Gasteiger partial charge in [-0.2, -0.15) is 0 Å². The first kappa shape index (κ1) is 24.6. The van der Waals surface area contributed by atoms with Gasteiger partial charge in [-0.3, -0.25) is 9.59 Å². The van der Waals surface area contributed by atoms with Crippen molar-refractivity contribution in [1.82, 2.24) is 0 Å². The van der Waals surface area contributed by atoms with Crippen LogP contribution in [-0.4, -0.2) is 22.5 Å². The van der Waals surface area contributed by atoms with E-state index >= 15 is 0 Å². The molecular formula is C31H40O4. The van der Waals surface area contributed by atoms with Crippen LogP contribution in [0.15, 0.2) is 24.3 Å². The lowest BCUT2D eigenvalue weighted by Crippen LogP contribution is -2.56. The van der Waals surface area contributed by atoms with Crippen molar-refractivity contribution in [2.75, 3.05) is 0 Å². The highest BCUT2D eigenvalue weighted by molar-refractivity contribution is 5.79. The van der Waals surface area contributed by atoms with E-state index in [0.29, 0.717) is 29.3 Å². The first-order valence-corrected chi connectivity index (χ1v) is 13.6. The second-order valence-corrected chi connectivity index (χ2v) is 12.5. The topological polar surface area (TPSA) is 63.6 Å². The lowest BCUT2D eigenvalue weighted by Gasteiger charge is -2.61. The van der Waals surface area contributed by atoms with Crippen LogP contribution in [0.3, 0.4) is 0 Å². The summed E-state index contributed by atoms with van der Waals surface area (Å²) in [5.41, 5.74) is 0.335. The normalized spacial score (nSPS) is 42.0. The summed E-state index contributed by atoms with van der Waals surface area (Å²) in [7, 11) is 0. The molecule has 8 atom stereocenters. The van der Waals surface area contributed by atoms with E-state index in [-0.39, 0.29) is 22.7 Å². The van der Waals surface area contributed by atoms with Crippen molar-refractivity contribution in [2.45, 2.75) is 91.1 Å². The Kier molecular flexibility index (Phi) is 6.16. The van der Waals surface area contributed by atoms with Gasteiger partial charge in [0.15, 0.2) is 0 Å². The average Bonchev–Trinajstić information content (AvgIpc) is 3.16. The van der Waals surface area contributed by atoms with Crippen LogP contribution in [0.25, 0.3) is 0 Å². The zero-order valence-corrected chi connectivity index (χ0v) is 21.7. The van der Waals surface area contributed by atoms with Crippen LogP contribution in [-0.2, 0) is 9.59 Å². The van der Waals surface area contributed by atoms with Crippen molar-refractivity contribution in [1.29, 1.82) is 0 Å². The SMILES string of the molecule is CC(=O)Oc1ccc(C#C[C@@]2(O)CC[C@@]3(C)[C@H](CC[C@@H]4[C@@H]3CC[C@]3(C)[C@@H](C(C)=O)CC[C@@H]43)C2)cc1. The summed E-state index contributed by atoms with van der Waals surface area (Å²) in [4.78, 5) is 23.5. The molecule has 4 nitrogen and oxygen atoms in total. The van der Waals surface area contributed by atoms with Crippen molar-refractivity contribution in [3.63, 3.8) is 0 Å². The molecule has 0 heterocycles. The molecule has 4 aliphatic carbocycles. The van der Waals surface area contributed by atoms with E-state index in [9.17, 15) is 14.7 Å². The van der Waals surface area contributed by atoms with Gasteiger partial charge in [0.25, 0.3) is 0 Å². The van der Waals surface area contributed by atoms with Gasteiger partial charge in [0.05, 0.1) is 0 Å². The predicted molar refractivity (Wildman–Crippen MR) is 135 cm³/mol. The fraction of sp³-hybridized carbons (Fsp3) is 0.677. The van der Waals surface area contributed by atoms with Crippen molar-refractivity contribution < 1.29 is 19.4 Å². The number of hydrogen-bond acceptors (Lipinski definition) is 4. The predicted octanol–water partition coefficient (Wildman–Crippen LogP) is 5.94. The van der Waals surface area contributed by atoms with Gasteiger partial charge >= 0.3 is 5.97 Å². The Labute approximate surface area is 210 Å². The van der Waals surface area contributed by atoms with Crippen LogP contribution >= 0.6 is 0 Å². The Morgan fingerprint density at radius 2 is 1.63 bits per heavy atom. The Hall–Kier alpha value is -2.12. The molecule has 1 aromatic rings. The summed E-state index contributed by atoms with van der Waals surface area (Å²) < 4.78 is 5.09. The van der Waals surface area contributed by atoms with E-state index in [2.05, 4.69) is 25.7 Å². The second-order valence-electron chi connectivity index (χ2n) is 12.5. The van der Waals surface area contributed by atoms with Crippen molar-refractivity contribution in [3.05, 3.63) is 29.8 Å². The second kappa shape index (κ2) is 8.77. The Morgan fingerprint density at radius 3 is 2.31 bits per heavy atom. The third-order valence-electron chi connectivity index (χ3n) is 10.8. The number of fused-ring (bicyclic) bond motifs is 5. The first-order valence-electron chi connectivity index (χ1n) is 13.6. The number of carbonyl (C=O) groups is 2. The van der Waals surface area contributed by atoms with Crippen molar-refractivity contribution >= 4 is 11.8 Å². The molecule has 0 spiro atoms. The fourth-order valence-electron chi connectivity index (χ4n) is 8.99. The van der Waals surface area contributed by atoms with E-state index in [4.69, 9.17) is 4.74 Å². The molecule has 4 heteroatoms. The minimum absolute atomic E-state index is 0.197. The molecule has 0 radical (unpaired) electrons. The lowest BCUT2D eigenvalue weighted by atomic mass is 9.44. The summed E-state index contributed by atoms with van der Waals surface area (Å²) in [6.07, 6.45) is 9.60. The third-order valence-corrected chi connectivity index (χ3v) is 10.8. The number of benzene rings is 1. The summed E-state index contributed by atoms with van der Waals surface area (Å²) in [6.45, 7) is 8.10. The Bertz CT molecular complexity index is 1060. The van der Waals surface area contributed by atoms with Gasteiger partial charge in [-0.15, -0.1) is 0 Å². The average molecular weight is 477 g/mol. The maximum Gasteiger partial charge on any atom is 0.308 e. The Morgan fingerprint density at radius 1 is 0.914 bits per heavy atom. The molecule has 0 unspecified atom stereocenters. The van der Waals surface area contributed by atoms with Gasteiger partial charge in [0.2, 0.25) is 0 Å². The molecule has 1 N–H and O–H groups in total. The highest BCUT2D eigenvalue weighted by Crippen LogP contribution is 2.68. The summed E-state index contributed by atoms with van der Waals surface area (Å²) in [5.74, 6) is 9.84. The molecule has 188 valence electrons. The van der Waals surface area contributed by atoms with Crippen molar-refractivity contribution in [3.8, 4) is 17.6 Å². The van der Waals surface area contributed by atoms with Crippen LogP contribution in [0, 0.1) is 52.3 Å². The number of hydrogen-bond donors (Lipinski definition) is 1. The van der Waals surface area contributed by atoms with E-state index in [0.717, 1.165) is 43.6 Å². The van der Waals surface area contributed by atoms with Crippen LogP contribution in [0.2, 0.25) is 0 Å². The molecule has 0 aromatic heterocycles. The van der Waals surface area contributed by atoms with E-state index in [1.54, 1.807) is 19.1 Å². The van der Waals surface area contributed by atoms with Crippen LogP contribution in [0.5, 0.6) is 5.75 Å². The molecule has 4 aliphatic rings. The van der Waals surface area contributed by atoms with Crippen LogP contribution in [0.4, 0.5) is 0 Å². The number of Topliss-reactive ketones (excluding diaryl/α,β-unsaturated/α-hetero) is 1. The molecule has 0 amide bonds. The molecule has 0 aliphatic heterocycles. The maximum atomic E-state index is 12.4. The number of aliphatic hydroxyl groups is 1. The minimum Gasteiger partial charge on any atom is -0.427 e. The van der Waals surface area contributed by atoms with E-state index in [1.807, 2.05) is 12.1 Å². The molecule has 1 aromatic carbocycles. The van der Waals surface area contributed by atoms with Gasteiger partial charge in [-0.1, -0.05) is 25.7 Å². The molecule has 0 saturated heterocycles. The largest absolute Gasteiger partial charge is 0.427 e. The standard InChI is InChI=1S/C31H40O4/c1-20(32)26-11-12-27-25-10-7-23-19-31(34,16-13-22-5-8-24(9-6-22)35-21(2)33)18-17-29(23,3)28(25)14-15-30(26,27)4/h5-6,8-9,23,25-28,34H,7,10-12,14-15,17-19H2,1-4H3/t23-,25+,26-,27+,28+,29+,30-,31-/m1/s1. The monoisotopic (exact) mass is 476 g/mol. The van der Waals surface area contributed by atoms with Crippen LogP contribution in [0.1, 0.15) is 91.0 Å². The highest BCUT2D eigenvalue weighted by atomic mass is 16.5. The van der Waals surface area contributed by atoms with Gasteiger partial charge in [-0.05, 0) is 123 Å². The zero-order chi connectivity index (χ0) is 25.0. The molecule has 5 rings (SSSR count). The molecular weight excluding hydrogens is 436 g/mol. The fourth-order valence-corrected chi connectivity index (χ4v) is 8.99. The number of carbonyl (C=O) groups excluding carboxylic acids is 2. The first-order chi connectivity index (χ1) is 16.5. The van der Waals surface area contributed by atoms with E-state index in [1.165, 1.54) is 32.6 Å². The molecule has 4 saturated carbocycles. The molecule has 4 fully saturated rings. The van der Waals surface area contributed by atoms with Gasteiger partial charge in [0, 0.05) is 18.4 Å². The summed E-state index contributed by atoms with van der Waals surface area (Å²) >= 11 is 0. The lowest BCUT2D eigenvalue weighted by molar-refractivity contribution is -0.144. The summed E-state index contributed by atoms with van der Waals surface area (Å²) in [5, 5.41) is 11.5. The third kappa shape index (κ3) is 4.25. The van der Waals surface area contributed by atoms with Crippen LogP contribution < -0.4 is 4.74 Å². The highest BCUT2D eigenvalue weighted by Gasteiger charge is 2.61. The van der Waals surface area contributed by atoms with Gasteiger partial charge < -0.3 is 9.84 Å². The van der Waals surface area contributed by atoms with Gasteiger partial charge in [0.1, 0.15) is 17.1 Å².